The Balaban J connectivity index is 2.41. The number of hydrogen-bond acceptors (Lipinski definition) is 3. The zero-order chi connectivity index (χ0) is 8.97. The lowest BCUT2D eigenvalue weighted by Crippen LogP contribution is -2.24. The summed E-state index contributed by atoms with van der Waals surface area (Å²) in [6.45, 7) is 0. The molecule has 1 atom stereocenters. The van der Waals surface area contributed by atoms with Crippen LogP contribution in [-0.4, -0.2) is 18.1 Å². The lowest BCUT2D eigenvalue weighted by atomic mass is 10.2. The van der Waals surface area contributed by atoms with Crippen molar-refractivity contribution in [3.05, 3.63) is 20.8 Å². The third-order valence-corrected chi connectivity index (χ3v) is 3.88. The van der Waals surface area contributed by atoms with Crippen LogP contribution in [0.5, 0.6) is 0 Å². The van der Waals surface area contributed by atoms with E-state index in [-0.39, 0.29) is 0 Å². The van der Waals surface area contributed by atoms with Gasteiger partial charge in [0.05, 0.1) is 3.79 Å². The van der Waals surface area contributed by atoms with Gasteiger partial charge in [-0.3, -0.25) is 0 Å². The summed E-state index contributed by atoms with van der Waals surface area (Å²) in [4.78, 5) is 1.36. The highest BCUT2D eigenvalue weighted by atomic mass is 79.9. The van der Waals surface area contributed by atoms with E-state index in [1.807, 2.05) is 0 Å². The van der Waals surface area contributed by atoms with Gasteiger partial charge in [0, 0.05) is 16.7 Å². The fraction of sp³-hybridized carbons (Fsp3) is 0.500. The maximum Gasteiger partial charge on any atom is 0.0701 e. The maximum absolute atomic E-state index is 5.90. The van der Waals surface area contributed by atoms with Crippen LogP contribution in [-0.2, 0) is 6.42 Å². The number of hydrogen-bond donors (Lipinski definition) is 1. The molecule has 1 aromatic rings. The van der Waals surface area contributed by atoms with Gasteiger partial charge in [-0.15, -0.1) is 11.3 Å². The summed E-state index contributed by atoms with van der Waals surface area (Å²) in [6, 6.07) is 4.51. The Hall–Kier alpha value is 0.490. The van der Waals surface area contributed by atoms with Crippen molar-refractivity contribution < 1.29 is 0 Å². The van der Waals surface area contributed by atoms with Gasteiger partial charge in [0.15, 0.2) is 0 Å². The molecule has 2 N–H and O–H groups in total. The lowest BCUT2D eigenvalue weighted by Gasteiger charge is -2.06. The second-order valence-corrected chi connectivity index (χ2v) is 6.08. The Morgan fingerprint density at radius 1 is 1.67 bits per heavy atom. The molecule has 0 aliphatic carbocycles. The molecule has 0 aromatic carbocycles. The summed E-state index contributed by atoms with van der Waals surface area (Å²) in [5.74, 6) is 1.04. The molecular weight excluding hydrogens is 254 g/mol. The number of halogens is 1. The van der Waals surface area contributed by atoms with Gasteiger partial charge < -0.3 is 5.73 Å². The molecule has 0 fully saturated rings. The van der Waals surface area contributed by atoms with Crippen molar-refractivity contribution in [1.82, 2.24) is 0 Å². The Morgan fingerprint density at radius 3 is 2.92 bits per heavy atom. The van der Waals surface area contributed by atoms with Crippen LogP contribution in [0.25, 0.3) is 0 Å². The quantitative estimate of drug-likeness (QED) is 0.906. The molecule has 1 heterocycles. The van der Waals surface area contributed by atoms with Crippen molar-refractivity contribution in [1.29, 1.82) is 0 Å². The highest BCUT2D eigenvalue weighted by molar-refractivity contribution is 9.11. The first-order chi connectivity index (χ1) is 5.72. The summed E-state index contributed by atoms with van der Waals surface area (Å²) in [7, 11) is 0. The molecule has 0 amide bonds. The summed E-state index contributed by atoms with van der Waals surface area (Å²) in [5, 5.41) is 0. The molecule has 0 saturated heterocycles. The predicted octanol–water partition coefficient (Wildman–Crippen LogP) is 2.74. The zero-order valence-corrected chi connectivity index (χ0v) is 10.1. The molecule has 0 saturated carbocycles. The maximum atomic E-state index is 5.90. The molecule has 1 aromatic heterocycles. The van der Waals surface area contributed by atoms with Gasteiger partial charge in [0.1, 0.15) is 0 Å². The van der Waals surface area contributed by atoms with Crippen molar-refractivity contribution in [2.45, 2.75) is 12.5 Å². The highest BCUT2D eigenvalue weighted by Gasteiger charge is 2.04. The molecule has 1 nitrogen and oxygen atoms in total. The minimum Gasteiger partial charge on any atom is -0.327 e. The first-order valence-corrected chi connectivity index (χ1v) is 6.71. The van der Waals surface area contributed by atoms with Gasteiger partial charge >= 0.3 is 0 Å². The smallest absolute Gasteiger partial charge is 0.0701 e. The van der Waals surface area contributed by atoms with Crippen molar-refractivity contribution in [2.75, 3.05) is 12.0 Å². The Bertz CT molecular complexity index is 237. The van der Waals surface area contributed by atoms with Crippen LogP contribution in [0.15, 0.2) is 15.9 Å². The lowest BCUT2D eigenvalue weighted by molar-refractivity contribution is 0.758. The van der Waals surface area contributed by atoms with E-state index in [2.05, 4.69) is 34.3 Å². The average Bonchev–Trinajstić information content (AvgIpc) is 2.36. The molecule has 0 spiro atoms. The van der Waals surface area contributed by atoms with E-state index in [1.54, 1.807) is 23.1 Å². The molecule has 0 aliphatic rings. The summed E-state index contributed by atoms with van der Waals surface area (Å²) in [6.07, 6.45) is 3.08. The molecule has 68 valence electrons. The minimum absolute atomic E-state index is 0.297. The van der Waals surface area contributed by atoms with Crippen LogP contribution in [0, 0.1) is 0 Å². The third kappa shape index (κ3) is 3.47. The van der Waals surface area contributed by atoms with E-state index in [0.717, 1.165) is 12.2 Å². The molecule has 1 unspecified atom stereocenters. The standard InChI is InChI=1S/C8H12BrNS2/c1-11-5-6(10)4-7-2-3-8(9)12-7/h2-3,6H,4-5,10H2,1H3. The predicted molar refractivity (Wildman–Crippen MR) is 62.1 cm³/mol. The fourth-order valence-corrected chi connectivity index (χ4v) is 3.11. The van der Waals surface area contributed by atoms with Crippen molar-refractivity contribution in [2.24, 2.45) is 5.73 Å². The topological polar surface area (TPSA) is 26.0 Å². The van der Waals surface area contributed by atoms with Gasteiger partial charge in [-0.2, -0.15) is 11.8 Å². The zero-order valence-electron chi connectivity index (χ0n) is 6.92. The van der Waals surface area contributed by atoms with E-state index >= 15 is 0 Å². The van der Waals surface area contributed by atoms with E-state index < -0.39 is 0 Å². The van der Waals surface area contributed by atoms with Gasteiger partial charge in [-0.25, -0.2) is 0 Å². The molecule has 4 heteroatoms. The fourth-order valence-electron chi connectivity index (χ4n) is 0.993. The van der Waals surface area contributed by atoms with Crippen LogP contribution < -0.4 is 5.73 Å². The Morgan fingerprint density at radius 2 is 2.42 bits per heavy atom. The highest BCUT2D eigenvalue weighted by Crippen LogP contribution is 2.23. The SMILES string of the molecule is CSCC(N)Cc1ccc(Br)s1. The molecule has 0 aliphatic heterocycles. The molecule has 1 rings (SSSR count). The number of nitrogens with two attached hydrogens (primary N) is 1. The van der Waals surface area contributed by atoms with Gasteiger partial charge in [-0.05, 0) is 40.7 Å². The van der Waals surface area contributed by atoms with Crippen LogP contribution in [0.3, 0.4) is 0 Å². The summed E-state index contributed by atoms with van der Waals surface area (Å²) >= 11 is 7.01. The first kappa shape index (κ1) is 10.6. The summed E-state index contributed by atoms with van der Waals surface area (Å²) < 4.78 is 1.19. The molecular formula is C8H12BrNS2. The normalized spacial score (nSPS) is 13.2. The van der Waals surface area contributed by atoms with Crippen molar-refractivity contribution >= 4 is 39.0 Å². The molecule has 12 heavy (non-hydrogen) atoms. The largest absolute Gasteiger partial charge is 0.327 e. The number of rotatable bonds is 4. The minimum atomic E-state index is 0.297. The van der Waals surface area contributed by atoms with Gasteiger partial charge in [0.25, 0.3) is 0 Å². The third-order valence-electron chi connectivity index (χ3n) is 1.47. The Labute approximate surface area is 89.9 Å². The van der Waals surface area contributed by atoms with Crippen LogP contribution in [0.4, 0.5) is 0 Å². The van der Waals surface area contributed by atoms with Crippen LogP contribution in [0.1, 0.15) is 4.88 Å². The first-order valence-electron chi connectivity index (χ1n) is 3.71. The van der Waals surface area contributed by atoms with Gasteiger partial charge in [-0.1, -0.05) is 0 Å². The average molecular weight is 266 g/mol. The van der Waals surface area contributed by atoms with Crippen LogP contribution in [0.2, 0.25) is 0 Å². The number of thioether (sulfide) groups is 1. The Kier molecular flexibility index (Phi) is 4.64. The number of thiophene rings is 1. The van der Waals surface area contributed by atoms with Gasteiger partial charge in [0.2, 0.25) is 0 Å². The monoisotopic (exact) mass is 265 g/mol. The van der Waals surface area contributed by atoms with Crippen molar-refractivity contribution in [3.8, 4) is 0 Å². The molecule has 0 bridgehead atoms. The van der Waals surface area contributed by atoms with E-state index in [0.29, 0.717) is 6.04 Å². The van der Waals surface area contributed by atoms with Crippen LogP contribution >= 0.6 is 39.0 Å². The van der Waals surface area contributed by atoms with Crippen molar-refractivity contribution in [3.63, 3.8) is 0 Å². The van der Waals surface area contributed by atoms with E-state index in [9.17, 15) is 0 Å². The summed E-state index contributed by atoms with van der Waals surface area (Å²) in [5.41, 5.74) is 5.90. The molecule has 0 radical (unpaired) electrons. The second-order valence-electron chi connectivity index (χ2n) is 2.63. The van der Waals surface area contributed by atoms with E-state index in [4.69, 9.17) is 5.73 Å². The van der Waals surface area contributed by atoms with E-state index in [1.165, 1.54) is 8.66 Å². The second kappa shape index (κ2) is 5.27.